The largest absolute Gasteiger partial charge is 0.329 e. The standard InChI is InChI=1S/C20H21N3O2/c1-2-22-17-8-3-4-9-18(17)23(20(22)25)13-19(24)21-16-11-10-14-6-5-7-15(14)12-16/h3-4,8-12H,2,5-7,13H2,1H3,(H,21,24). The molecule has 5 heteroatoms. The molecule has 1 N–H and O–H groups in total. The van der Waals surface area contributed by atoms with Crippen LogP contribution < -0.4 is 11.0 Å². The highest BCUT2D eigenvalue weighted by Gasteiger charge is 2.15. The normalized spacial score (nSPS) is 13.2. The van der Waals surface area contributed by atoms with E-state index in [2.05, 4.69) is 17.4 Å². The molecule has 1 aliphatic rings. The molecule has 1 amide bonds. The van der Waals surface area contributed by atoms with Gasteiger partial charge in [0.25, 0.3) is 0 Å². The zero-order valence-corrected chi connectivity index (χ0v) is 14.3. The van der Waals surface area contributed by atoms with Crippen LogP contribution in [0.4, 0.5) is 5.69 Å². The number of fused-ring (bicyclic) bond motifs is 2. The van der Waals surface area contributed by atoms with E-state index in [1.165, 1.54) is 17.5 Å². The maximum atomic E-state index is 12.6. The van der Waals surface area contributed by atoms with Crippen LogP contribution in [-0.2, 0) is 30.7 Å². The number of aryl methyl sites for hydroxylation is 3. The first-order valence-corrected chi connectivity index (χ1v) is 8.77. The molecule has 0 saturated carbocycles. The highest BCUT2D eigenvalue weighted by molar-refractivity contribution is 5.91. The van der Waals surface area contributed by atoms with Crippen LogP contribution in [0.25, 0.3) is 11.0 Å². The van der Waals surface area contributed by atoms with Crippen LogP contribution in [0.2, 0.25) is 0 Å². The fourth-order valence-electron chi connectivity index (χ4n) is 3.72. The van der Waals surface area contributed by atoms with E-state index < -0.39 is 0 Å². The number of para-hydroxylation sites is 2. The highest BCUT2D eigenvalue weighted by atomic mass is 16.2. The number of rotatable bonds is 4. The molecule has 1 heterocycles. The van der Waals surface area contributed by atoms with Crippen molar-refractivity contribution < 1.29 is 4.79 Å². The summed E-state index contributed by atoms with van der Waals surface area (Å²) in [6.07, 6.45) is 3.37. The van der Waals surface area contributed by atoms with E-state index >= 15 is 0 Å². The Kier molecular flexibility index (Phi) is 3.92. The number of benzene rings is 2. The monoisotopic (exact) mass is 335 g/mol. The zero-order valence-electron chi connectivity index (χ0n) is 14.3. The first kappa shape index (κ1) is 15.7. The molecule has 0 saturated heterocycles. The van der Waals surface area contributed by atoms with Crippen LogP contribution >= 0.6 is 0 Å². The van der Waals surface area contributed by atoms with Crippen molar-refractivity contribution in [1.82, 2.24) is 9.13 Å². The van der Waals surface area contributed by atoms with Crippen molar-refractivity contribution in [2.45, 2.75) is 39.3 Å². The number of nitrogens with one attached hydrogen (secondary N) is 1. The second kappa shape index (κ2) is 6.24. The lowest BCUT2D eigenvalue weighted by atomic mass is 10.1. The molecule has 3 aromatic rings. The van der Waals surface area contributed by atoms with E-state index in [9.17, 15) is 9.59 Å². The third-order valence-electron chi connectivity index (χ3n) is 4.93. The Labute approximate surface area is 145 Å². The van der Waals surface area contributed by atoms with Crippen molar-refractivity contribution in [3.63, 3.8) is 0 Å². The smallest absolute Gasteiger partial charge is 0.325 e. The minimum Gasteiger partial charge on any atom is -0.325 e. The van der Waals surface area contributed by atoms with E-state index in [1.807, 2.05) is 37.3 Å². The van der Waals surface area contributed by atoms with Gasteiger partial charge < -0.3 is 5.32 Å². The van der Waals surface area contributed by atoms with Crippen LogP contribution in [0.5, 0.6) is 0 Å². The number of imidazole rings is 1. The van der Waals surface area contributed by atoms with Crippen LogP contribution in [0.1, 0.15) is 24.5 Å². The lowest BCUT2D eigenvalue weighted by Crippen LogP contribution is -2.29. The average Bonchev–Trinajstić information content (AvgIpc) is 3.18. The Morgan fingerprint density at radius 2 is 1.76 bits per heavy atom. The van der Waals surface area contributed by atoms with Crippen LogP contribution in [0.3, 0.4) is 0 Å². The average molecular weight is 335 g/mol. The molecule has 0 unspecified atom stereocenters. The maximum absolute atomic E-state index is 12.6. The lowest BCUT2D eigenvalue weighted by molar-refractivity contribution is -0.116. The summed E-state index contributed by atoms with van der Waals surface area (Å²) < 4.78 is 3.24. The lowest BCUT2D eigenvalue weighted by Gasteiger charge is -2.08. The van der Waals surface area contributed by atoms with Gasteiger partial charge in [-0.15, -0.1) is 0 Å². The maximum Gasteiger partial charge on any atom is 0.329 e. The number of anilines is 1. The summed E-state index contributed by atoms with van der Waals surface area (Å²) in [4.78, 5) is 25.1. The molecule has 0 fully saturated rings. The summed E-state index contributed by atoms with van der Waals surface area (Å²) in [6, 6.07) is 13.7. The van der Waals surface area contributed by atoms with E-state index in [4.69, 9.17) is 0 Å². The van der Waals surface area contributed by atoms with Crippen molar-refractivity contribution >= 4 is 22.6 Å². The Morgan fingerprint density at radius 1 is 1.04 bits per heavy atom. The van der Waals surface area contributed by atoms with Gasteiger partial charge in [0.15, 0.2) is 0 Å². The third-order valence-corrected chi connectivity index (χ3v) is 4.93. The molecule has 1 aromatic heterocycles. The van der Waals surface area contributed by atoms with Crippen LogP contribution in [0.15, 0.2) is 47.3 Å². The number of carbonyl (C=O) groups is 1. The molecule has 2 aromatic carbocycles. The molecule has 0 atom stereocenters. The molecular formula is C20H21N3O2. The van der Waals surface area contributed by atoms with Crippen molar-refractivity contribution in [1.29, 1.82) is 0 Å². The topological polar surface area (TPSA) is 56.0 Å². The number of hydrogen-bond acceptors (Lipinski definition) is 2. The number of nitrogens with zero attached hydrogens (tertiary/aromatic N) is 2. The van der Waals surface area contributed by atoms with Crippen molar-refractivity contribution in [3.05, 3.63) is 64.1 Å². The Balaban J connectivity index is 1.60. The summed E-state index contributed by atoms with van der Waals surface area (Å²) in [5, 5.41) is 2.93. The van der Waals surface area contributed by atoms with Crippen LogP contribution in [0, 0.1) is 0 Å². The predicted octanol–water partition coefficient (Wildman–Crippen LogP) is 2.95. The summed E-state index contributed by atoms with van der Waals surface area (Å²) in [5.41, 5.74) is 5.00. The molecule has 0 aliphatic heterocycles. The second-order valence-corrected chi connectivity index (χ2v) is 6.49. The predicted molar refractivity (Wildman–Crippen MR) is 99.0 cm³/mol. The van der Waals surface area contributed by atoms with E-state index in [0.717, 1.165) is 29.6 Å². The van der Waals surface area contributed by atoms with Gasteiger partial charge >= 0.3 is 5.69 Å². The highest BCUT2D eigenvalue weighted by Crippen LogP contribution is 2.25. The van der Waals surface area contributed by atoms with E-state index in [-0.39, 0.29) is 18.1 Å². The summed E-state index contributed by atoms with van der Waals surface area (Å²) >= 11 is 0. The zero-order chi connectivity index (χ0) is 17.4. The Morgan fingerprint density at radius 3 is 2.52 bits per heavy atom. The molecule has 25 heavy (non-hydrogen) atoms. The van der Waals surface area contributed by atoms with Gasteiger partial charge in [-0.1, -0.05) is 18.2 Å². The van der Waals surface area contributed by atoms with Gasteiger partial charge in [0, 0.05) is 12.2 Å². The van der Waals surface area contributed by atoms with Gasteiger partial charge in [0.2, 0.25) is 5.91 Å². The van der Waals surface area contributed by atoms with Gasteiger partial charge in [0.1, 0.15) is 6.54 Å². The van der Waals surface area contributed by atoms with E-state index in [0.29, 0.717) is 6.54 Å². The molecule has 0 bridgehead atoms. The molecule has 128 valence electrons. The molecule has 5 nitrogen and oxygen atoms in total. The number of hydrogen-bond donors (Lipinski definition) is 1. The number of amides is 1. The first-order valence-electron chi connectivity index (χ1n) is 8.77. The van der Waals surface area contributed by atoms with Gasteiger partial charge in [-0.2, -0.15) is 0 Å². The number of aromatic nitrogens is 2. The van der Waals surface area contributed by atoms with Gasteiger partial charge in [-0.3, -0.25) is 13.9 Å². The summed E-state index contributed by atoms with van der Waals surface area (Å²) in [6.45, 7) is 2.53. The minimum atomic E-state index is -0.181. The van der Waals surface area contributed by atoms with Crippen molar-refractivity contribution in [2.24, 2.45) is 0 Å². The first-order chi connectivity index (χ1) is 12.2. The fraction of sp³-hybridized carbons (Fsp3) is 0.300. The molecule has 1 aliphatic carbocycles. The Hall–Kier alpha value is -2.82. The quantitative estimate of drug-likeness (QED) is 0.797. The minimum absolute atomic E-state index is 0.0173. The van der Waals surface area contributed by atoms with E-state index in [1.54, 1.807) is 9.13 Å². The van der Waals surface area contributed by atoms with Crippen molar-refractivity contribution in [3.8, 4) is 0 Å². The summed E-state index contributed by atoms with van der Waals surface area (Å²) in [7, 11) is 0. The Bertz CT molecular complexity index is 1010. The molecular weight excluding hydrogens is 314 g/mol. The van der Waals surface area contributed by atoms with Crippen molar-refractivity contribution in [2.75, 3.05) is 5.32 Å². The third kappa shape index (κ3) is 2.76. The second-order valence-electron chi connectivity index (χ2n) is 6.49. The molecule has 0 radical (unpaired) electrons. The van der Waals surface area contributed by atoms with Crippen LogP contribution in [-0.4, -0.2) is 15.0 Å². The molecule has 0 spiro atoms. The summed E-state index contributed by atoms with van der Waals surface area (Å²) in [5.74, 6) is -0.181. The fourth-order valence-corrected chi connectivity index (χ4v) is 3.72. The number of carbonyl (C=O) groups excluding carboxylic acids is 1. The SMILES string of the molecule is CCn1c(=O)n(CC(=O)Nc2ccc3c(c2)CCC3)c2ccccc21. The van der Waals surface area contributed by atoms with Gasteiger partial charge in [0.05, 0.1) is 11.0 Å². The molecule has 4 rings (SSSR count). The van der Waals surface area contributed by atoms with Gasteiger partial charge in [-0.05, 0) is 61.6 Å². The van der Waals surface area contributed by atoms with Gasteiger partial charge in [-0.25, -0.2) is 4.79 Å².